The minimum Gasteiger partial charge on any atom is -0.285 e. The maximum absolute atomic E-state index is 13.3. The molecule has 1 aromatic carbocycles. The van der Waals surface area contributed by atoms with Crippen molar-refractivity contribution in [2.75, 3.05) is 0 Å². The van der Waals surface area contributed by atoms with Crippen molar-refractivity contribution in [3.8, 4) is 0 Å². The van der Waals surface area contributed by atoms with E-state index in [4.69, 9.17) is 0 Å². The number of carbonyl (C=O) groups excluding carboxylic acids is 1. The van der Waals surface area contributed by atoms with E-state index in [-0.39, 0.29) is 23.5 Å². The zero-order valence-electron chi connectivity index (χ0n) is 15.9. The Hall–Kier alpha value is -2.80. The molecule has 0 amide bonds. The summed E-state index contributed by atoms with van der Waals surface area (Å²) < 4.78 is 2.19. The Balaban J connectivity index is 2.24. The number of nitrogens with zero attached hydrogens (tertiary/aromatic N) is 2. The van der Waals surface area contributed by atoms with Gasteiger partial charge in [0.05, 0.1) is 6.54 Å². The molecule has 0 fully saturated rings. The molecule has 6 nitrogen and oxygen atoms in total. The Morgan fingerprint density at radius 2 is 1.93 bits per heavy atom. The second kappa shape index (κ2) is 8.06. The fourth-order valence-electron chi connectivity index (χ4n) is 3.25. The number of halogens is 1. The molecule has 0 aliphatic rings. The second-order valence-corrected chi connectivity index (χ2v) is 7.57. The maximum atomic E-state index is 13.3. The largest absolute Gasteiger partial charge is 0.329 e. The van der Waals surface area contributed by atoms with E-state index in [1.54, 1.807) is 19.9 Å². The highest BCUT2D eigenvalue weighted by molar-refractivity contribution is 9.10. The van der Waals surface area contributed by atoms with Crippen LogP contribution in [0.3, 0.4) is 0 Å². The predicted octanol–water partition coefficient (Wildman–Crippen LogP) is 3.15. The van der Waals surface area contributed by atoms with E-state index in [2.05, 4.69) is 25.9 Å². The summed E-state index contributed by atoms with van der Waals surface area (Å²) in [4.78, 5) is 45.0. The molecule has 0 unspecified atom stereocenters. The molecule has 0 saturated carbocycles. The molecule has 0 aliphatic carbocycles. The van der Waals surface area contributed by atoms with Crippen molar-refractivity contribution in [3.05, 3.63) is 95.5 Å². The molecular weight excluding hydrogens is 422 g/mol. The number of ketones is 1. The summed E-state index contributed by atoms with van der Waals surface area (Å²) in [5.74, 6) is -0.429. The van der Waals surface area contributed by atoms with E-state index < -0.39 is 17.0 Å². The number of H-pyrrole nitrogens is 1. The van der Waals surface area contributed by atoms with Gasteiger partial charge in [0.2, 0.25) is 5.78 Å². The molecule has 2 aromatic heterocycles. The third-order valence-electron chi connectivity index (χ3n) is 4.42. The molecule has 0 radical (unpaired) electrons. The number of hydrogen-bond acceptors (Lipinski definition) is 4. The van der Waals surface area contributed by atoms with E-state index >= 15 is 0 Å². The Morgan fingerprint density at radius 1 is 1.18 bits per heavy atom. The molecule has 0 saturated heterocycles. The van der Waals surface area contributed by atoms with Crippen LogP contribution >= 0.6 is 15.9 Å². The third kappa shape index (κ3) is 4.04. The lowest BCUT2D eigenvalue weighted by Crippen LogP contribution is -2.37. The number of hydrogen-bond donors (Lipinski definition) is 1. The molecule has 1 N–H and O–H groups in total. The normalized spacial score (nSPS) is 10.9. The number of rotatable bonds is 5. The summed E-state index contributed by atoms with van der Waals surface area (Å²) in [5.41, 5.74) is 1.86. The molecule has 2 heterocycles. The smallest absolute Gasteiger partial charge is 0.285 e. The molecule has 0 bridgehead atoms. The molecule has 3 rings (SSSR count). The quantitative estimate of drug-likeness (QED) is 0.616. The van der Waals surface area contributed by atoms with Crippen LogP contribution in [-0.2, 0) is 13.0 Å². The van der Waals surface area contributed by atoms with Gasteiger partial charge in [0.15, 0.2) is 0 Å². The van der Waals surface area contributed by atoms with Crippen LogP contribution < -0.4 is 11.2 Å². The van der Waals surface area contributed by atoms with E-state index in [0.717, 1.165) is 15.6 Å². The second-order valence-electron chi connectivity index (χ2n) is 6.66. The maximum Gasteiger partial charge on any atom is 0.329 e. The molecule has 7 heteroatoms. The highest BCUT2D eigenvalue weighted by atomic mass is 79.9. The number of pyridine rings is 1. The van der Waals surface area contributed by atoms with Crippen LogP contribution in [0.15, 0.2) is 50.5 Å². The number of carbonyl (C=O) groups is 1. The van der Waals surface area contributed by atoms with Crippen LogP contribution in [0, 0.1) is 13.8 Å². The van der Waals surface area contributed by atoms with Crippen LogP contribution in [0.2, 0.25) is 0 Å². The summed E-state index contributed by atoms with van der Waals surface area (Å²) in [6, 6.07) is 11.0. The lowest BCUT2D eigenvalue weighted by Gasteiger charge is -2.15. The summed E-state index contributed by atoms with van der Waals surface area (Å²) in [6.07, 6.45) is 0.319. The van der Waals surface area contributed by atoms with Crippen molar-refractivity contribution in [3.63, 3.8) is 0 Å². The van der Waals surface area contributed by atoms with Crippen LogP contribution in [0.1, 0.15) is 45.5 Å². The number of aryl methyl sites for hydroxylation is 2. The molecule has 0 spiro atoms. The van der Waals surface area contributed by atoms with Crippen molar-refractivity contribution in [2.45, 2.75) is 33.7 Å². The zero-order valence-corrected chi connectivity index (χ0v) is 17.5. The molecule has 0 atom stereocenters. The summed E-state index contributed by atoms with van der Waals surface area (Å²) in [6.45, 7) is 5.62. The van der Waals surface area contributed by atoms with Crippen LogP contribution in [0.5, 0.6) is 0 Å². The first-order valence-corrected chi connectivity index (χ1v) is 9.70. The third-order valence-corrected chi connectivity index (χ3v) is 4.92. The molecule has 144 valence electrons. The molecular formula is C21H20BrN3O3. The van der Waals surface area contributed by atoms with Gasteiger partial charge in [-0.25, -0.2) is 9.78 Å². The van der Waals surface area contributed by atoms with Crippen LogP contribution in [0.4, 0.5) is 0 Å². The fraction of sp³-hybridized carbons (Fsp3) is 0.238. The number of benzene rings is 1. The topological polar surface area (TPSA) is 84.8 Å². The van der Waals surface area contributed by atoms with E-state index in [1.807, 2.05) is 37.3 Å². The van der Waals surface area contributed by atoms with E-state index in [9.17, 15) is 14.4 Å². The Labute approximate surface area is 170 Å². The van der Waals surface area contributed by atoms with Gasteiger partial charge in [-0.1, -0.05) is 35.0 Å². The predicted molar refractivity (Wildman–Crippen MR) is 111 cm³/mol. The average Bonchev–Trinajstić information content (AvgIpc) is 2.62. The Bertz CT molecular complexity index is 1160. The minimum absolute atomic E-state index is 0.0914. The van der Waals surface area contributed by atoms with Crippen molar-refractivity contribution in [2.24, 2.45) is 0 Å². The van der Waals surface area contributed by atoms with Crippen LogP contribution in [-0.4, -0.2) is 20.3 Å². The lowest BCUT2D eigenvalue weighted by molar-refractivity contribution is 0.102. The van der Waals surface area contributed by atoms with E-state index in [0.29, 0.717) is 12.1 Å². The SMILES string of the molecule is CCc1c(C(=O)c2cc(C)cc(C)n2)n(Cc2cccc(Br)c2)c(=O)[nH]c1=O. The first-order valence-electron chi connectivity index (χ1n) is 8.90. The Kier molecular flexibility index (Phi) is 5.74. The summed E-state index contributed by atoms with van der Waals surface area (Å²) in [7, 11) is 0. The molecule has 3 aromatic rings. The number of aromatic nitrogens is 3. The van der Waals surface area contributed by atoms with Gasteiger partial charge in [-0.3, -0.25) is 19.1 Å². The van der Waals surface area contributed by atoms with Gasteiger partial charge >= 0.3 is 5.69 Å². The number of nitrogens with one attached hydrogen (secondary N) is 1. The van der Waals surface area contributed by atoms with Gasteiger partial charge in [-0.05, 0) is 55.7 Å². The molecule has 0 aliphatic heterocycles. The molecule has 28 heavy (non-hydrogen) atoms. The van der Waals surface area contributed by atoms with Gasteiger partial charge in [-0.2, -0.15) is 0 Å². The van der Waals surface area contributed by atoms with Crippen molar-refractivity contribution < 1.29 is 4.79 Å². The van der Waals surface area contributed by atoms with Crippen molar-refractivity contribution in [1.29, 1.82) is 0 Å². The zero-order chi connectivity index (χ0) is 20.4. The fourth-order valence-corrected chi connectivity index (χ4v) is 3.69. The van der Waals surface area contributed by atoms with Gasteiger partial charge in [0.25, 0.3) is 5.56 Å². The van der Waals surface area contributed by atoms with Gasteiger partial charge in [0.1, 0.15) is 11.4 Å². The van der Waals surface area contributed by atoms with Crippen molar-refractivity contribution in [1.82, 2.24) is 14.5 Å². The number of aromatic amines is 1. The van der Waals surface area contributed by atoms with Gasteiger partial charge < -0.3 is 0 Å². The van der Waals surface area contributed by atoms with Crippen molar-refractivity contribution >= 4 is 21.7 Å². The highest BCUT2D eigenvalue weighted by Crippen LogP contribution is 2.16. The summed E-state index contributed by atoms with van der Waals surface area (Å²) in [5, 5.41) is 0. The summed E-state index contributed by atoms with van der Waals surface area (Å²) >= 11 is 3.41. The monoisotopic (exact) mass is 441 g/mol. The van der Waals surface area contributed by atoms with Gasteiger partial charge in [0, 0.05) is 15.7 Å². The Morgan fingerprint density at radius 3 is 2.57 bits per heavy atom. The minimum atomic E-state index is -0.616. The van der Waals surface area contributed by atoms with E-state index in [1.165, 1.54) is 4.57 Å². The first kappa shape index (κ1) is 19.9. The van der Waals surface area contributed by atoms with Crippen LogP contribution in [0.25, 0.3) is 0 Å². The highest BCUT2D eigenvalue weighted by Gasteiger charge is 2.23. The first-order chi connectivity index (χ1) is 13.3. The standard InChI is InChI=1S/C21H20BrN3O3/c1-4-16-18(19(26)17-9-12(2)8-13(3)23-17)25(21(28)24-20(16)27)11-14-6-5-7-15(22)10-14/h5-10H,4,11H2,1-3H3,(H,24,27,28). The average molecular weight is 442 g/mol. The lowest BCUT2D eigenvalue weighted by atomic mass is 10.0. The van der Waals surface area contributed by atoms with Gasteiger partial charge in [-0.15, -0.1) is 0 Å².